The van der Waals surface area contributed by atoms with Crippen molar-refractivity contribution in [2.75, 3.05) is 13.2 Å². The van der Waals surface area contributed by atoms with Crippen LogP contribution in [-0.2, 0) is 0 Å². The quantitative estimate of drug-likeness (QED) is 0.699. The number of nitrogens with one attached hydrogen (secondary N) is 1. The number of nitrogens with zero attached hydrogens (tertiary/aromatic N) is 1. The Balaban J connectivity index is 2.19. The van der Waals surface area contributed by atoms with Crippen molar-refractivity contribution in [3.63, 3.8) is 0 Å². The monoisotopic (exact) mass is 238 g/mol. The summed E-state index contributed by atoms with van der Waals surface area (Å²) in [6.07, 6.45) is 6.84. The van der Waals surface area contributed by atoms with E-state index in [-0.39, 0.29) is 5.41 Å². The van der Waals surface area contributed by atoms with Crippen LogP contribution in [0.2, 0.25) is 0 Å². The topological polar surface area (TPSA) is 56.0 Å². The summed E-state index contributed by atoms with van der Waals surface area (Å²) in [5, 5.41) is 21.8. The van der Waals surface area contributed by atoms with E-state index in [0.29, 0.717) is 18.6 Å². The molecule has 0 aliphatic heterocycles. The first-order chi connectivity index (χ1) is 8.09. The zero-order valence-electron chi connectivity index (χ0n) is 11.2. The Morgan fingerprint density at radius 3 is 2.71 bits per heavy atom. The SMILES string of the molecule is CC(C)(C#N)CCCNC1CCCCC1CO. The van der Waals surface area contributed by atoms with Gasteiger partial charge in [-0.25, -0.2) is 0 Å². The van der Waals surface area contributed by atoms with Gasteiger partial charge in [0, 0.05) is 12.6 Å². The third-order valence-corrected chi connectivity index (χ3v) is 3.83. The zero-order valence-corrected chi connectivity index (χ0v) is 11.2. The molecule has 3 heteroatoms. The first-order valence-corrected chi connectivity index (χ1v) is 6.84. The molecule has 1 fully saturated rings. The first-order valence-electron chi connectivity index (χ1n) is 6.84. The van der Waals surface area contributed by atoms with Gasteiger partial charge in [-0.15, -0.1) is 0 Å². The van der Waals surface area contributed by atoms with Crippen LogP contribution >= 0.6 is 0 Å². The predicted octanol–water partition coefficient (Wildman–Crippen LogP) is 2.46. The van der Waals surface area contributed by atoms with Gasteiger partial charge in [0.1, 0.15) is 0 Å². The van der Waals surface area contributed by atoms with Gasteiger partial charge in [-0.1, -0.05) is 12.8 Å². The minimum atomic E-state index is -0.204. The minimum Gasteiger partial charge on any atom is -0.396 e. The van der Waals surface area contributed by atoms with E-state index in [0.717, 1.165) is 25.8 Å². The Kier molecular flexibility index (Phi) is 5.94. The summed E-state index contributed by atoms with van der Waals surface area (Å²) >= 11 is 0. The van der Waals surface area contributed by atoms with Crippen LogP contribution in [0, 0.1) is 22.7 Å². The first kappa shape index (κ1) is 14.5. The predicted molar refractivity (Wildman–Crippen MR) is 69.5 cm³/mol. The second-order valence-electron chi connectivity index (χ2n) is 5.89. The van der Waals surface area contributed by atoms with Gasteiger partial charge < -0.3 is 10.4 Å². The number of hydrogen-bond acceptors (Lipinski definition) is 3. The van der Waals surface area contributed by atoms with Crippen molar-refractivity contribution in [1.29, 1.82) is 5.26 Å². The maximum atomic E-state index is 9.30. The molecular formula is C14H26N2O. The fraction of sp³-hybridized carbons (Fsp3) is 0.929. The van der Waals surface area contributed by atoms with Gasteiger partial charge in [0.15, 0.2) is 0 Å². The number of rotatable bonds is 6. The van der Waals surface area contributed by atoms with E-state index < -0.39 is 0 Å². The van der Waals surface area contributed by atoms with Crippen LogP contribution in [0.1, 0.15) is 52.4 Å². The number of aliphatic hydroxyl groups excluding tert-OH is 1. The molecule has 3 nitrogen and oxygen atoms in total. The fourth-order valence-electron chi connectivity index (χ4n) is 2.57. The molecular weight excluding hydrogens is 212 g/mol. The molecule has 0 spiro atoms. The van der Waals surface area contributed by atoms with E-state index in [1.807, 2.05) is 13.8 Å². The molecule has 0 aromatic rings. The smallest absolute Gasteiger partial charge is 0.0683 e. The minimum absolute atomic E-state index is 0.204. The molecule has 2 N–H and O–H groups in total. The van der Waals surface area contributed by atoms with E-state index in [1.165, 1.54) is 19.3 Å². The van der Waals surface area contributed by atoms with Gasteiger partial charge in [0.05, 0.1) is 11.5 Å². The third kappa shape index (κ3) is 5.06. The van der Waals surface area contributed by atoms with Crippen molar-refractivity contribution in [2.24, 2.45) is 11.3 Å². The maximum absolute atomic E-state index is 9.30. The lowest BCUT2D eigenvalue weighted by molar-refractivity contribution is 0.152. The fourth-order valence-corrected chi connectivity index (χ4v) is 2.57. The van der Waals surface area contributed by atoms with Gasteiger partial charge in [-0.3, -0.25) is 0 Å². The molecule has 0 aromatic carbocycles. The molecule has 1 rings (SSSR count). The molecule has 2 unspecified atom stereocenters. The van der Waals surface area contributed by atoms with Gasteiger partial charge in [0.2, 0.25) is 0 Å². The van der Waals surface area contributed by atoms with Crippen molar-refractivity contribution in [3.05, 3.63) is 0 Å². The molecule has 0 saturated heterocycles. The van der Waals surface area contributed by atoms with Crippen LogP contribution in [-0.4, -0.2) is 24.3 Å². The molecule has 1 saturated carbocycles. The molecule has 2 atom stereocenters. The van der Waals surface area contributed by atoms with Crippen molar-refractivity contribution in [2.45, 2.75) is 58.4 Å². The number of nitriles is 1. The van der Waals surface area contributed by atoms with Gasteiger partial charge in [-0.2, -0.15) is 5.26 Å². The standard InChI is InChI=1S/C14H26N2O/c1-14(2,11-15)8-5-9-16-13-7-4-3-6-12(13)10-17/h12-13,16-17H,3-10H2,1-2H3. The van der Waals surface area contributed by atoms with Crippen LogP contribution in [0.25, 0.3) is 0 Å². The summed E-state index contributed by atoms with van der Waals surface area (Å²) < 4.78 is 0. The Morgan fingerprint density at radius 2 is 2.06 bits per heavy atom. The lowest BCUT2D eigenvalue weighted by Crippen LogP contribution is -2.40. The molecule has 17 heavy (non-hydrogen) atoms. The number of aliphatic hydroxyl groups is 1. The van der Waals surface area contributed by atoms with Crippen molar-refractivity contribution in [1.82, 2.24) is 5.32 Å². The Morgan fingerprint density at radius 1 is 1.35 bits per heavy atom. The van der Waals surface area contributed by atoms with Crippen LogP contribution in [0.15, 0.2) is 0 Å². The van der Waals surface area contributed by atoms with E-state index in [4.69, 9.17) is 5.26 Å². The molecule has 0 heterocycles. The summed E-state index contributed by atoms with van der Waals surface area (Å²) in [7, 11) is 0. The summed E-state index contributed by atoms with van der Waals surface area (Å²) in [6.45, 7) is 5.25. The molecule has 98 valence electrons. The Bertz CT molecular complexity index is 257. The average molecular weight is 238 g/mol. The summed E-state index contributed by atoms with van der Waals surface area (Å²) in [4.78, 5) is 0. The summed E-state index contributed by atoms with van der Waals surface area (Å²) in [6, 6.07) is 2.82. The normalized spacial score (nSPS) is 25.5. The van der Waals surface area contributed by atoms with E-state index >= 15 is 0 Å². The molecule has 0 radical (unpaired) electrons. The van der Waals surface area contributed by atoms with Crippen LogP contribution in [0.4, 0.5) is 0 Å². The Labute approximate surface area is 105 Å². The highest BCUT2D eigenvalue weighted by molar-refractivity contribution is 4.91. The molecule has 1 aliphatic carbocycles. The third-order valence-electron chi connectivity index (χ3n) is 3.83. The summed E-state index contributed by atoms with van der Waals surface area (Å²) in [5.74, 6) is 0.438. The van der Waals surface area contributed by atoms with Gasteiger partial charge >= 0.3 is 0 Å². The van der Waals surface area contributed by atoms with Crippen molar-refractivity contribution >= 4 is 0 Å². The van der Waals surface area contributed by atoms with E-state index in [1.54, 1.807) is 0 Å². The second kappa shape index (κ2) is 6.98. The second-order valence-corrected chi connectivity index (χ2v) is 5.89. The lowest BCUT2D eigenvalue weighted by Gasteiger charge is -2.31. The van der Waals surface area contributed by atoms with Gasteiger partial charge in [-0.05, 0) is 52.0 Å². The molecule has 0 amide bonds. The molecule has 0 aromatic heterocycles. The highest BCUT2D eigenvalue weighted by Crippen LogP contribution is 2.24. The zero-order chi connectivity index (χ0) is 12.7. The number of hydrogen-bond donors (Lipinski definition) is 2. The summed E-state index contributed by atoms with van der Waals surface area (Å²) in [5.41, 5.74) is -0.204. The van der Waals surface area contributed by atoms with Crippen LogP contribution in [0.3, 0.4) is 0 Å². The van der Waals surface area contributed by atoms with Crippen LogP contribution < -0.4 is 5.32 Å². The van der Waals surface area contributed by atoms with Crippen LogP contribution in [0.5, 0.6) is 0 Å². The van der Waals surface area contributed by atoms with E-state index in [2.05, 4.69) is 11.4 Å². The molecule has 1 aliphatic rings. The molecule has 0 bridgehead atoms. The highest BCUT2D eigenvalue weighted by atomic mass is 16.3. The lowest BCUT2D eigenvalue weighted by atomic mass is 9.84. The Hall–Kier alpha value is -0.590. The highest BCUT2D eigenvalue weighted by Gasteiger charge is 2.24. The largest absolute Gasteiger partial charge is 0.396 e. The average Bonchev–Trinajstić information content (AvgIpc) is 2.35. The van der Waals surface area contributed by atoms with Crippen molar-refractivity contribution in [3.8, 4) is 6.07 Å². The van der Waals surface area contributed by atoms with Crippen molar-refractivity contribution < 1.29 is 5.11 Å². The van der Waals surface area contributed by atoms with E-state index in [9.17, 15) is 5.11 Å². The van der Waals surface area contributed by atoms with Gasteiger partial charge in [0.25, 0.3) is 0 Å². The maximum Gasteiger partial charge on any atom is 0.0683 e.